The Kier molecular flexibility index (Phi) is 7.45. The molecule has 0 amide bonds. The number of aryl methyl sites for hydroxylation is 2. The number of esters is 1. The molecule has 0 atom stereocenters. The molecule has 0 saturated carbocycles. The summed E-state index contributed by atoms with van der Waals surface area (Å²) in [4.78, 5) is 25.2. The minimum absolute atomic E-state index is 0.0286. The second-order valence-electron chi connectivity index (χ2n) is 8.99. The van der Waals surface area contributed by atoms with Crippen molar-refractivity contribution in [3.63, 3.8) is 0 Å². The average molecular weight is 632 g/mol. The van der Waals surface area contributed by atoms with Crippen LogP contribution in [0.5, 0.6) is 11.5 Å². The standard InChI is InChI=1S/C29H28Br2O6/c1-5-14-12-21(30)17(7-3)25(32)23(14)29(24-15(6-2)13-22(31)18(8-4)26(24)33)20-10-9-16(27(34)35)11-19(20)28(36)37-29/h9-13,32-33H,5-8H2,1-4H3,(H,34,35). The van der Waals surface area contributed by atoms with E-state index in [2.05, 4.69) is 31.9 Å². The van der Waals surface area contributed by atoms with E-state index in [0.29, 0.717) is 53.5 Å². The van der Waals surface area contributed by atoms with Crippen molar-refractivity contribution < 1.29 is 29.6 Å². The second kappa shape index (κ2) is 10.1. The molecule has 0 fully saturated rings. The number of carboxylic acid groups (broad SMARTS) is 1. The number of hydrogen-bond acceptors (Lipinski definition) is 5. The molecule has 0 unspecified atom stereocenters. The van der Waals surface area contributed by atoms with Gasteiger partial charge in [0.15, 0.2) is 5.60 Å². The van der Waals surface area contributed by atoms with Crippen molar-refractivity contribution in [2.75, 3.05) is 0 Å². The molecule has 194 valence electrons. The van der Waals surface area contributed by atoms with Crippen molar-refractivity contribution in [3.05, 3.63) is 89.3 Å². The van der Waals surface area contributed by atoms with Crippen LogP contribution < -0.4 is 0 Å². The molecule has 3 aromatic rings. The van der Waals surface area contributed by atoms with Gasteiger partial charge in [-0.05, 0) is 61.1 Å². The predicted molar refractivity (Wildman–Crippen MR) is 148 cm³/mol. The number of phenolic OH excluding ortho intramolecular Hbond substituents is 2. The van der Waals surface area contributed by atoms with Crippen molar-refractivity contribution in [2.45, 2.75) is 59.0 Å². The third kappa shape index (κ3) is 4.05. The quantitative estimate of drug-likeness (QED) is 0.242. The molecule has 3 aromatic carbocycles. The Bertz CT molecular complexity index is 1380. The first-order valence-corrected chi connectivity index (χ1v) is 13.8. The van der Waals surface area contributed by atoms with Crippen molar-refractivity contribution in [2.24, 2.45) is 0 Å². The molecule has 37 heavy (non-hydrogen) atoms. The van der Waals surface area contributed by atoms with Crippen LogP contribution in [0.25, 0.3) is 0 Å². The van der Waals surface area contributed by atoms with E-state index in [0.717, 1.165) is 20.1 Å². The van der Waals surface area contributed by atoms with Gasteiger partial charge in [0.2, 0.25) is 0 Å². The summed E-state index contributed by atoms with van der Waals surface area (Å²) in [7, 11) is 0. The molecule has 0 aromatic heterocycles. The fraction of sp³-hybridized carbons (Fsp3) is 0.310. The molecule has 0 radical (unpaired) electrons. The summed E-state index contributed by atoms with van der Waals surface area (Å²) in [6, 6.07) is 8.10. The van der Waals surface area contributed by atoms with E-state index in [1.165, 1.54) is 12.1 Å². The number of fused-ring (bicyclic) bond motifs is 1. The van der Waals surface area contributed by atoms with Gasteiger partial charge in [-0.25, -0.2) is 9.59 Å². The first-order valence-electron chi connectivity index (χ1n) is 12.3. The summed E-state index contributed by atoms with van der Waals surface area (Å²) < 4.78 is 7.74. The van der Waals surface area contributed by atoms with E-state index >= 15 is 0 Å². The van der Waals surface area contributed by atoms with Crippen LogP contribution in [0, 0.1) is 0 Å². The number of cyclic esters (lactones) is 1. The normalized spacial score (nSPS) is 13.9. The van der Waals surface area contributed by atoms with E-state index in [-0.39, 0.29) is 22.6 Å². The number of halogens is 2. The molecular formula is C29H28Br2O6. The van der Waals surface area contributed by atoms with Gasteiger partial charge in [-0.3, -0.25) is 0 Å². The molecule has 0 saturated heterocycles. The Labute approximate surface area is 232 Å². The third-order valence-electron chi connectivity index (χ3n) is 7.15. The van der Waals surface area contributed by atoms with E-state index in [1.54, 1.807) is 6.07 Å². The first-order chi connectivity index (χ1) is 17.6. The highest BCUT2D eigenvalue weighted by Gasteiger charge is 2.54. The van der Waals surface area contributed by atoms with Gasteiger partial charge >= 0.3 is 11.9 Å². The third-order valence-corrected chi connectivity index (χ3v) is 8.57. The van der Waals surface area contributed by atoms with E-state index in [1.807, 2.05) is 39.8 Å². The number of carboxylic acids is 1. The van der Waals surface area contributed by atoms with Gasteiger partial charge in [-0.1, -0.05) is 65.6 Å². The number of hydrogen-bond donors (Lipinski definition) is 3. The summed E-state index contributed by atoms with van der Waals surface area (Å²) in [6.07, 6.45) is 2.02. The van der Waals surface area contributed by atoms with Crippen molar-refractivity contribution >= 4 is 43.8 Å². The Balaban J connectivity index is 2.28. The van der Waals surface area contributed by atoms with Crippen LogP contribution in [0.3, 0.4) is 0 Å². The monoisotopic (exact) mass is 630 g/mol. The molecule has 3 N–H and O–H groups in total. The average Bonchev–Trinajstić information content (AvgIpc) is 3.15. The molecule has 0 bridgehead atoms. The highest BCUT2D eigenvalue weighted by Crippen LogP contribution is 2.56. The second-order valence-corrected chi connectivity index (χ2v) is 10.7. The Morgan fingerprint density at radius 2 is 1.32 bits per heavy atom. The number of phenols is 2. The van der Waals surface area contributed by atoms with E-state index in [4.69, 9.17) is 4.74 Å². The summed E-state index contributed by atoms with van der Waals surface area (Å²) in [6.45, 7) is 7.71. The molecule has 6 nitrogen and oxygen atoms in total. The van der Waals surface area contributed by atoms with Crippen LogP contribution in [-0.2, 0) is 36.0 Å². The van der Waals surface area contributed by atoms with Gasteiger partial charge in [-0.2, -0.15) is 0 Å². The largest absolute Gasteiger partial charge is 0.507 e. The maximum absolute atomic E-state index is 13.5. The number of carbonyl (C=O) groups is 2. The highest BCUT2D eigenvalue weighted by atomic mass is 79.9. The Morgan fingerprint density at radius 3 is 1.73 bits per heavy atom. The summed E-state index contributed by atoms with van der Waals surface area (Å²) in [5.74, 6) is -1.95. The van der Waals surface area contributed by atoms with Gasteiger partial charge in [-0.15, -0.1) is 0 Å². The number of ether oxygens (including phenoxy) is 1. The highest BCUT2D eigenvalue weighted by molar-refractivity contribution is 9.10. The SMILES string of the molecule is CCc1cc(Br)c(CC)c(O)c1C1(c2c(CC)cc(Br)c(CC)c2O)OC(=O)c2cc(C(=O)O)ccc21. The number of aromatic hydroxyl groups is 2. The number of carbonyl (C=O) groups excluding carboxylic acids is 1. The molecule has 1 aliphatic rings. The van der Waals surface area contributed by atoms with Gasteiger partial charge < -0.3 is 20.1 Å². The number of aromatic carboxylic acids is 1. The molecule has 0 spiro atoms. The fourth-order valence-electron chi connectivity index (χ4n) is 5.37. The summed E-state index contributed by atoms with van der Waals surface area (Å²) >= 11 is 7.14. The van der Waals surface area contributed by atoms with Crippen LogP contribution in [0.15, 0.2) is 39.3 Å². The van der Waals surface area contributed by atoms with Crippen LogP contribution in [0.1, 0.15) is 87.4 Å². The summed E-state index contributed by atoms with van der Waals surface area (Å²) in [5.41, 5.74) is 2.21. The van der Waals surface area contributed by atoms with E-state index < -0.39 is 17.5 Å². The zero-order chi connectivity index (χ0) is 27.2. The Morgan fingerprint density at radius 1 is 0.838 bits per heavy atom. The van der Waals surface area contributed by atoms with Crippen LogP contribution in [0.2, 0.25) is 0 Å². The topological polar surface area (TPSA) is 104 Å². The zero-order valence-electron chi connectivity index (χ0n) is 21.0. The van der Waals surface area contributed by atoms with E-state index in [9.17, 15) is 24.9 Å². The number of rotatable bonds is 7. The van der Waals surface area contributed by atoms with Crippen LogP contribution in [-0.4, -0.2) is 27.3 Å². The lowest BCUT2D eigenvalue weighted by molar-refractivity contribution is 0.0234. The lowest BCUT2D eigenvalue weighted by Crippen LogP contribution is -2.33. The fourth-order valence-corrected chi connectivity index (χ4v) is 6.86. The lowest BCUT2D eigenvalue weighted by Gasteiger charge is -2.36. The van der Waals surface area contributed by atoms with Gasteiger partial charge in [0, 0.05) is 25.6 Å². The first kappa shape index (κ1) is 27.2. The predicted octanol–water partition coefficient (Wildman–Crippen LogP) is 7.03. The summed E-state index contributed by atoms with van der Waals surface area (Å²) in [5, 5.41) is 33.1. The molecule has 8 heteroatoms. The van der Waals surface area contributed by atoms with Crippen LogP contribution in [0.4, 0.5) is 0 Å². The maximum Gasteiger partial charge on any atom is 0.340 e. The van der Waals surface area contributed by atoms with Crippen LogP contribution >= 0.6 is 31.9 Å². The molecular weight excluding hydrogens is 604 g/mol. The van der Waals surface area contributed by atoms with Gasteiger partial charge in [0.05, 0.1) is 22.3 Å². The zero-order valence-corrected chi connectivity index (χ0v) is 24.2. The van der Waals surface area contributed by atoms with Gasteiger partial charge in [0.1, 0.15) is 11.5 Å². The van der Waals surface area contributed by atoms with Crippen molar-refractivity contribution in [3.8, 4) is 11.5 Å². The van der Waals surface area contributed by atoms with Gasteiger partial charge in [0.25, 0.3) is 0 Å². The van der Waals surface area contributed by atoms with Crippen molar-refractivity contribution in [1.29, 1.82) is 0 Å². The minimum atomic E-state index is -1.69. The number of benzene rings is 3. The smallest absolute Gasteiger partial charge is 0.340 e. The maximum atomic E-state index is 13.5. The molecule has 0 aliphatic carbocycles. The molecule has 1 heterocycles. The lowest BCUT2D eigenvalue weighted by atomic mass is 9.73. The van der Waals surface area contributed by atoms with Crippen molar-refractivity contribution in [1.82, 2.24) is 0 Å². The Hall–Kier alpha value is -2.84. The molecule has 4 rings (SSSR count). The molecule has 1 aliphatic heterocycles. The minimum Gasteiger partial charge on any atom is -0.507 e.